The lowest BCUT2D eigenvalue weighted by Crippen LogP contribution is -2.54. The molecule has 4 unspecified atom stereocenters. The summed E-state index contributed by atoms with van der Waals surface area (Å²) < 4.78 is 11.0. The van der Waals surface area contributed by atoms with Crippen LogP contribution in [-0.2, 0) is 19.1 Å². The molecule has 0 aromatic rings. The first-order valence-electron chi connectivity index (χ1n) is 6.55. The van der Waals surface area contributed by atoms with Crippen LogP contribution in [0.4, 0.5) is 0 Å². The van der Waals surface area contributed by atoms with E-state index in [-0.39, 0.29) is 29.4 Å². The van der Waals surface area contributed by atoms with Gasteiger partial charge in [0.25, 0.3) is 0 Å². The number of fused-ring (bicyclic) bond motifs is 2. The minimum Gasteiger partial charge on any atom is -0.462 e. The monoisotopic (exact) mass is 254 g/mol. The third kappa shape index (κ3) is 1.73. The summed E-state index contributed by atoms with van der Waals surface area (Å²) in [5, 5.41) is 0. The van der Waals surface area contributed by atoms with Gasteiger partial charge in [-0.2, -0.15) is 0 Å². The van der Waals surface area contributed by atoms with E-state index in [1.807, 2.05) is 6.92 Å². The van der Waals surface area contributed by atoms with E-state index in [0.29, 0.717) is 5.92 Å². The number of carbonyl (C=O) groups excluding carboxylic acids is 2. The number of esters is 2. The molecule has 4 nitrogen and oxygen atoms in total. The summed E-state index contributed by atoms with van der Waals surface area (Å²) in [5.74, 6) is 0.0386. The largest absolute Gasteiger partial charge is 0.462 e. The van der Waals surface area contributed by atoms with Crippen molar-refractivity contribution in [2.45, 2.75) is 59.2 Å². The highest BCUT2D eigenvalue weighted by atomic mass is 16.6. The third-order valence-electron chi connectivity index (χ3n) is 5.18. The van der Waals surface area contributed by atoms with Gasteiger partial charge in [0.2, 0.25) is 0 Å². The molecule has 2 fully saturated rings. The van der Waals surface area contributed by atoms with Crippen molar-refractivity contribution in [1.82, 2.24) is 0 Å². The molecule has 2 bridgehead atoms. The lowest BCUT2D eigenvalue weighted by molar-refractivity contribution is -0.193. The molecule has 0 spiro atoms. The molecule has 4 heteroatoms. The Balaban J connectivity index is 2.27. The number of hydrogen-bond acceptors (Lipinski definition) is 4. The number of carbonyl (C=O) groups is 2. The smallest absolute Gasteiger partial charge is 0.303 e. The van der Waals surface area contributed by atoms with Crippen LogP contribution in [0.1, 0.15) is 47.5 Å². The van der Waals surface area contributed by atoms with Gasteiger partial charge < -0.3 is 9.47 Å². The fourth-order valence-corrected chi connectivity index (χ4v) is 3.90. The maximum atomic E-state index is 11.4. The van der Waals surface area contributed by atoms with E-state index >= 15 is 0 Å². The molecule has 2 aliphatic carbocycles. The van der Waals surface area contributed by atoms with Crippen LogP contribution in [0.15, 0.2) is 0 Å². The highest BCUT2D eigenvalue weighted by molar-refractivity contribution is 5.67. The predicted molar refractivity (Wildman–Crippen MR) is 65.7 cm³/mol. The summed E-state index contributed by atoms with van der Waals surface area (Å²) in [6, 6.07) is 0. The molecule has 2 rings (SSSR count). The van der Waals surface area contributed by atoms with Crippen molar-refractivity contribution in [2.24, 2.45) is 17.3 Å². The topological polar surface area (TPSA) is 52.6 Å². The van der Waals surface area contributed by atoms with E-state index in [9.17, 15) is 9.59 Å². The maximum Gasteiger partial charge on any atom is 0.303 e. The Morgan fingerprint density at radius 2 is 1.67 bits per heavy atom. The standard InChI is InChI=1S/C14H22O4/c1-8(15)17-12-7-10-6-11(12)14(5,13(10,3)4)18-9(2)16/h10-12H,6-7H2,1-5H3. The van der Waals surface area contributed by atoms with Gasteiger partial charge in [-0.1, -0.05) is 13.8 Å². The summed E-state index contributed by atoms with van der Waals surface area (Å²) in [5.41, 5.74) is -0.609. The number of rotatable bonds is 2. The Hall–Kier alpha value is -1.06. The first-order valence-corrected chi connectivity index (χ1v) is 6.55. The summed E-state index contributed by atoms with van der Waals surface area (Å²) in [4.78, 5) is 22.5. The first-order chi connectivity index (χ1) is 8.18. The molecule has 2 saturated carbocycles. The van der Waals surface area contributed by atoms with Gasteiger partial charge in [0.1, 0.15) is 11.7 Å². The molecule has 0 aliphatic heterocycles. The van der Waals surface area contributed by atoms with Crippen LogP contribution in [0.2, 0.25) is 0 Å². The van der Waals surface area contributed by atoms with Crippen LogP contribution < -0.4 is 0 Å². The Morgan fingerprint density at radius 1 is 1.06 bits per heavy atom. The van der Waals surface area contributed by atoms with Gasteiger partial charge in [0.15, 0.2) is 0 Å². The molecule has 0 heterocycles. The van der Waals surface area contributed by atoms with Crippen LogP contribution in [0.3, 0.4) is 0 Å². The van der Waals surface area contributed by atoms with E-state index in [1.165, 1.54) is 13.8 Å². The fraction of sp³-hybridized carbons (Fsp3) is 0.857. The van der Waals surface area contributed by atoms with Crippen LogP contribution >= 0.6 is 0 Å². The van der Waals surface area contributed by atoms with Crippen LogP contribution in [0.5, 0.6) is 0 Å². The molecule has 18 heavy (non-hydrogen) atoms. The van der Waals surface area contributed by atoms with Crippen LogP contribution in [0, 0.1) is 17.3 Å². The summed E-state index contributed by atoms with van der Waals surface area (Å²) >= 11 is 0. The minimum atomic E-state index is -0.540. The van der Waals surface area contributed by atoms with Crippen molar-refractivity contribution in [1.29, 1.82) is 0 Å². The second-order valence-electron chi connectivity index (χ2n) is 6.35. The average Bonchev–Trinajstić information content (AvgIpc) is 2.65. The fourth-order valence-electron chi connectivity index (χ4n) is 3.90. The van der Waals surface area contributed by atoms with E-state index in [1.54, 1.807) is 0 Å². The van der Waals surface area contributed by atoms with E-state index in [2.05, 4.69) is 13.8 Å². The highest BCUT2D eigenvalue weighted by Gasteiger charge is 2.67. The van der Waals surface area contributed by atoms with Gasteiger partial charge in [-0.3, -0.25) is 9.59 Å². The second-order valence-corrected chi connectivity index (χ2v) is 6.35. The van der Waals surface area contributed by atoms with Crippen molar-refractivity contribution in [2.75, 3.05) is 0 Å². The van der Waals surface area contributed by atoms with Crippen molar-refractivity contribution < 1.29 is 19.1 Å². The van der Waals surface area contributed by atoms with Crippen LogP contribution in [0.25, 0.3) is 0 Å². The van der Waals surface area contributed by atoms with Crippen molar-refractivity contribution in [3.63, 3.8) is 0 Å². The Kier molecular flexibility index (Phi) is 2.95. The quantitative estimate of drug-likeness (QED) is 0.710. The molecule has 0 aromatic heterocycles. The first kappa shape index (κ1) is 13.4. The Labute approximate surface area is 108 Å². The summed E-state index contributed by atoms with van der Waals surface area (Å²) in [6.45, 7) is 9.14. The molecule has 0 radical (unpaired) electrons. The lowest BCUT2D eigenvalue weighted by Gasteiger charge is -2.48. The van der Waals surface area contributed by atoms with Gasteiger partial charge in [-0.05, 0) is 25.7 Å². The molecular formula is C14H22O4. The molecule has 0 N–H and O–H groups in total. The molecule has 0 aromatic carbocycles. The molecule has 0 amide bonds. The van der Waals surface area contributed by atoms with Crippen molar-refractivity contribution >= 4 is 11.9 Å². The van der Waals surface area contributed by atoms with Crippen molar-refractivity contribution in [3.8, 4) is 0 Å². The minimum absolute atomic E-state index is 0.0695. The highest BCUT2D eigenvalue weighted by Crippen LogP contribution is 2.63. The van der Waals surface area contributed by atoms with E-state index in [0.717, 1.165) is 12.8 Å². The zero-order valence-corrected chi connectivity index (χ0v) is 11.8. The molecule has 0 saturated heterocycles. The Morgan fingerprint density at radius 3 is 2.11 bits per heavy atom. The molecule has 2 aliphatic rings. The number of hydrogen-bond donors (Lipinski definition) is 0. The van der Waals surface area contributed by atoms with Gasteiger partial charge in [-0.15, -0.1) is 0 Å². The summed E-state index contributed by atoms with van der Waals surface area (Å²) in [6.07, 6.45) is 1.74. The maximum absolute atomic E-state index is 11.4. The van der Waals surface area contributed by atoms with Gasteiger partial charge >= 0.3 is 11.9 Å². The second kappa shape index (κ2) is 3.97. The third-order valence-corrected chi connectivity index (χ3v) is 5.18. The van der Waals surface area contributed by atoms with E-state index < -0.39 is 5.60 Å². The predicted octanol–water partition coefficient (Wildman–Crippen LogP) is 2.31. The molecular weight excluding hydrogens is 232 g/mol. The van der Waals surface area contributed by atoms with Crippen LogP contribution in [-0.4, -0.2) is 23.6 Å². The lowest BCUT2D eigenvalue weighted by atomic mass is 9.65. The molecule has 102 valence electrons. The Bertz CT molecular complexity index is 387. The van der Waals surface area contributed by atoms with Gasteiger partial charge in [-0.25, -0.2) is 0 Å². The number of ether oxygens (including phenoxy) is 2. The molecule has 4 atom stereocenters. The SMILES string of the molecule is CC(=O)OC1CC2CC1C(C)(OC(C)=O)C2(C)C. The summed E-state index contributed by atoms with van der Waals surface area (Å²) in [7, 11) is 0. The van der Waals surface area contributed by atoms with Crippen molar-refractivity contribution in [3.05, 3.63) is 0 Å². The van der Waals surface area contributed by atoms with Gasteiger partial charge in [0.05, 0.1) is 0 Å². The van der Waals surface area contributed by atoms with E-state index in [4.69, 9.17) is 9.47 Å². The average molecular weight is 254 g/mol. The normalized spacial score (nSPS) is 40.6. The zero-order chi connectivity index (χ0) is 13.7. The van der Waals surface area contributed by atoms with Gasteiger partial charge in [0, 0.05) is 25.2 Å². The zero-order valence-electron chi connectivity index (χ0n) is 11.8.